The second kappa shape index (κ2) is 10.9. The van der Waals surface area contributed by atoms with E-state index in [1.165, 1.54) is 61.3 Å². The molecule has 0 spiro atoms. The topological polar surface area (TPSA) is 24.7 Å². The van der Waals surface area contributed by atoms with Crippen molar-refractivity contribution in [3.05, 3.63) is 179 Å². The third-order valence-corrected chi connectivity index (χ3v) is 10.6. The van der Waals surface area contributed by atoms with Gasteiger partial charge in [-0.1, -0.05) is 166 Å². The fraction of sp³-hybridized carbons (Fsp3) is 0.156. The maximum absolute atomic E-state index is 5.47. The van der Waals surface area contributed by atoms with Gasteiger partial charge in [0.25, 0.3) is 0 Å². The van der Waals surface area contributed by atoms with Crippen LogP contribution in [0.2, 0.25) is 0 Å². The van der Waals surface area contributed by atoms with E-state index < -0.39 is 0 Å². The number of amidine groups is 1. The number of fused-ring (bicyclic) bond motifs is 4. The van der Waals surface area contributed by atoms with Crippen LogP contribution in [0.3, 0.4) is 0 Å². The van der Waals surface area contributed by atoms with E-state index in [9.17, 15) is 0 Å². The minimum absolute atomic E-state index is 0.0105. The van der Waals surface area contributed by atoms with Gasteiger partial charge in [0.1, 0.15) is 0 Å². The molecule has 0 N–H and O–H groups in total. The Morgan fingerprint density at radius 1 is 0.511 bits per heavy atom. The monoisotopic (exact) mass is 604 g/mol. The molecule has 226 valence electrons. The third kappa shape index (κ3) is 4.62. The van der Waals surface area contributed by atoms with Crippen LogP contribution < -0.4 is 0 Å². The van der Waals surface area contributed by atoms with Crippen molar-refractivity contribution in [1.29, 1.82) is 0 Å². The lowest BCUT2D eigenvalue weighted by Gasteiger charge is -2.21. The largest absolute Gasteiger partial charge is 0.258 e. The number of nitrogens with zero attached hydrogens (tertiary/aromatic N) is 2. The van der Waals surface area contributed by atoms with Crippen LogP contribution in [0.1, 0.15) is 54.1 Å². The molecule has 6 aromatic rings. The first kappa shape index (κ1) is 27.9. The zero-order valence-corrected chi connectivity index (χ0v) is 26.8. The molecule has 6 aromatic carbocycles. The van der Waals surface area contributed by atoms with Crippen molar-refractivity contribution in [2.75, 3.05) is 0 Å². The molecule has 9 rings (SSSR count). The van der Waals surface area contributed by atoms with Gasteiger partial charge in [0.15, 0.2) is 5.84 Å². The molecule has 1 heterocycles. The minimum Gasteiger partial charge on any atom is -0.258 e. The summed E-state index contributed by atoms with van der Waals surface area (Å²) < 4.78 is 0. The molecular formula is C45H36N2. The summed E-state index contributed by atoms with van der Waals surface area (Å²) in [5, 5.41) is 0. The molecule has 0 bridgehead atoms. The summed E-state index contributed by atoms with van der Waals surface area (Å²) in [5.74, 6) is 1.65. The van der Waals surface area contributed by atoms with Crippen molar-refractivity contribution in [3.63, 3.8) is 0 Å². The molecule has 2 nitrogen and oxygen atoms in total. The van der Waals surface area contributed by atoms with Crippen molar-refractivity contribution in [2.24, 2.45) is 21.8 Å². The molecule has 2 heteroatoms. The second-order valence-corrected chi connectivity index (χ2v) is 13.7. The average molecular weight is 605 g/mol. The molecule has 47 heavy (non-hydrogen) atoms. The van der Waals surface area contributed by atoms with Crippen LogP contribution in [-0.2, 0) is 5.41 Å². The van der Waals surface area contributed by atoms with E-state index in [0.717, 1.165) is 17.8 Å². The van der Waals surface area contributed by atoms with E-state index in [1.807, 2.05) is 0 Å². The zero-order valence-electron chi connectivity index (χ0n) is 26.8. The normalized spacial score (nSPS) is 20.3. The summed E-state index contributed by atoms with van der Waals surface area (Å²) in [6.45, 7) is 4.69. The molecule has 2 aliphatic carbocycles. The standard InChI is InChI=1S/C45H36N2/c1-45(2)39-22-12-11-20-36(39)41-34(21-13-23-40(41)45)30-26-24-29(25-27-30)33-18-9-10-19-35(33)43-38-28-37(38)42(31-14-5-3-6-15-31)46-44(47-43)32-16-7-4-8-17-32/h3-27,37-38,43H,28H2,1-2H3. The van der Waals surface area contributed by atoms with E-state index in [4.69, 9.17) is 9.98 Å². The van der Waals surface area contributed by atoms with Crippen molar-refractivity contribution < 1.29 is 0 Å². The Hall–Kier alpha value is -5.34. The maximum atomic E-state index is 5.47. The molecular weight excluding hydrogens is 569 g/mol. The first-order chi connectivity index (χ1) is 23.1. The Bertz CT molecular complexity index is 2190. The van der Waals surface area contributed by atoms with Crippen LogP contribution in [0.15, 0.2) is 162 Å². The van der Waals surface area contributed by atoms with Crippen molar-refractivity contribution in [3.8, 4) is 33.4 Å². The third-order valence-electron chi connectivity index (χ3n) is 10.6. The molecule has 0 radical (unpaired) electrons. The molecule has 0 aromatic heterocycles. The van der Waals surface area contributed by atoms with Gasteiger partial charge in [0.05, 0.1) is 11.8 Å². The number of aliphatic imine (C=N–C) groups is 2. The highest BCUT2D eigenvalue weighted by molar-refractivity contribution is 6.15. The highest BCUT2D eigenvalue weighted by Crippen LogP contribution is 2.55. The summed E-state index contributed by atoms with van der Waals surface area (Å²) in [4.78, 5) is 10.8. The van der Waals surface area contributed by atoms with Gasteiger partial charge >= 0.3 is 0 Å². The number of rotatable bonds is 5. The van der Waals surface area contributed by atoms with E-state index >= 15 is 0 Å². The van der Waals surface area contributed by atoms with E-state index in [0.29, 0.717) is 11.8 Å². The molecule has 3 unspecified atom stereocenters. The first-order valence-electron chi connectivity index (χ1n) is 16.8. The predicted molar refractivity (Wildman–Crippen MR) is 195 cm³/mol. The SMILES string of the molecule is CC1(C)c2ccccc2-c2c(-c3ccc(-c4ccccc4C4N=C(c5ccccc5)N=C(c5ccccc5)C5CC54)cc3)cccc21. The molecule has 1 aliphatic heterocycles. The van der Waals surface area contributed by atoms with Crippen LogP contribution in [0.4, 0.5) is 0 Å². The number of hydrogen-bond acceptors (Lipinski definition) is 2. The lowest BCUT2D eigenvalue weighted by molar-refractivity contribution is 0.624. The fourth-order valence-corrected chi connectivity index (χ4v) is 8.09. The minimum atomic E-state index is -0.0105. The predicted octanol–water partition coefficient (Wildman–Crippen LogP) is 11.0. The zero-order chi connectivity index (χ0) is 31.5. The summed E-state index contributed by atoms with van der Waals surface area (Å²) in [7, 11) is 0. The smallest absolute Gasteiger partial charge is 0.155 e. The van der Waals surface area contributed by atoms with Crippen molar-refractivity contribution in [1.82, 2.24) is 0 Å². The molecule has 3 atom stereocenters. The van der Waals surface area contributed by atoms with Gasteiger partial charge < -0.3 is 0 Å². The van der Waals surface area contributed by atoms with Crippen LogP contribution in [0.5, 0.6) is 0 Å². The molecule has 1 fully saturated rings. The second-order valence-electron chi connectivity index (χ2n) is 13.7. The Kier molecular flexibility index (Phi) is 6.47. The summed E-state index contributed by atoms with van der Waals surface area (Å²) in [6.07, 6.45) is 1.11. The molecule has 0 saturated heterocycles. The average Bonchev–Trinajstić information content (AvgIpc) is 3.90. The van der Waals surface area contributed by atoms with E-state index in [2.05, 4.69) is 166 Å². The van der Waals surface area contributed by atoms with Gasteiger partial charge in [-0.25, -0.2) is 4.99 Å². The van der Waals surface area contributed by atoms with Crippen LogP contribution in [-0.4, -0.2) is 11.5 Å². The Balaban J connectivity index is 1.11. The van der Waals surface area contributed by atoms with Crippen molar-refractivity contribution in [2.45, 2.75) is 31.7 Å². The fourth-order valence-electron chi connectivity index (χ4n) is 8.09. The summed E-state index contributed by atoms with van der Waals surface area (Å²) in [5.41, 5.74) is 15.3. The van der Waals surface area contributed by atoms with Gasteiger partial charge in [-0.05, 0) is 68.0 Å². The summed E-state index contributed by atoms with van der Waals surface area (Å²) in [6, 6.07) is 55.0. The highest BCUT2D eigenvalue weighted by Gasteiger charge is 2.49. The Morgan fingerprint density at radius 3 is 1.83 bits per heavy atom. The van der Waals surface area contributed by atoms with Gasteiger partial charge in [0.2, 0.25) is 0 Å². The lowest BCUT2D eigenvalue weighted by atomic mass is 9.82. The van der Waals surface area contributed by atoms with Gasteiger partial charge in [0, 0.05) is 16.9 Å². The van der Waals surface area contributed by atoms with Crippen molar-refractivity contribution >= 4 is 11.5 Å². The number of benzene rings is 6. The van der Waals surface area contributed by atoms with Gasteiger partial charge in [-0.3, -0.25) is 4.99 Å². The van der Waals surface area contributed by atoms with Crippen LogP contribution in [0, 0.1) is 11.8 Å². The quantitative estimate of drug-likeness (QED) is 0.187. The Morgan fingerprint density at radius 2 is 1.09 bits per heavy atom. The highest BCUT2D eigenvalue weighted by atomic mass is 15.0. The molecule has 0 amide bonds. The summed E-state index contributed by atoms with van der Waals surface area (Å²) >= 11 is 0. The van der Waals surface area contributed by atoms with E-state index in [-0.39, 0.29) is 11.5 Å². The number of hydrogen-bond donors (Lipinski definition) is 0. The van der Waals surface area contributed by atoms with Gasteiger partial charge in [-0.2, -0.15) is 0 Å². The van der Waals surface area contributed by atoms with Gasteiger partial charge in [-0.15, -0.1) is 0 Å². The van der Waals surface area contributed by atoms with Crippen LogP contribution >= 0.6 is 0 Å². The van der Waals surface area contributed by atoms with Crippen LogP contribution in [0.25, 0.3) is 33.4 Å². The maximum Gasteiger partial charge on any atom is 0.155 e. The molecule has 3 aliphatic rings. The lowest BCUT2D eigenvalue weighted by Crippen LogP contribution is -2.14. The molecule has 1 saturated carbocycles. The first-order valence-corrected chi connectivity index (χ1v) is 16.8. The Labute approximate surface area is 277 Å². The van der Waals surface area contributed by atoms with E-state index in [1.54, 1.807) is 0 Å².